The number of carbonyl (C=O) groups excluding carboxylic acids is 1. The highest BCUT2D eigenvalue weighted by Crippen LogP contribution is 2.30. The molecule has 1 amide bonds. The molecule has 1 atom stereocenters. The van der Waals surface area contributed by atoms with E-state index in [4.69, 9.17) is 9.72 Å². The van der Waals surface area contributed by atoms with E-state index in [0.29, 0.717) is 17.9 Å². The number of aryl methyl sites for hydroxylation is 2. The summed E-state index contributed by atoms with van der Waals surface area (Å²) >= 11 is 0. The summed E-state index contributed by atoms with van der Waals surface area (Å²) in [6.45, 7) is 3.43. The third-order valence-electron chi connectivity index (χ3n) is 5.22. The van der Waals surface area contributed by atoms with E-state index in [-0.39, 0.29) is 11.8 Å². The van der Waals surface area contributed by atoms with Gasteiger partial charge in [-0.3, -0.25) is 14.5 Å². The maximum Gasteiger partial charge on any atom is 0.254 e. The highest BCUT2D eigenvalue weighted by molar-refractivity contribution is 5.94. The van der Waals surface area contributed by atoms with Crippen LogP contribution in [0.3, 0.4) is 0 Å². The van der Waals surface area contributed by atoms with Gasteiger partial charge in [0.15, 0.2) is 0 Å². The van der Waals surface area contributed by atoms with Crippen LogP contribution >= 0.6 is 0 Å². The van der Waals surface area contributed by atoms with Crippen molar-refractivity contribution in [1.29, 1.82) is 0 Å². The number of amides is 1. The van der Waals surface area contributed by atoms with Crippen LogP contribution in [0, 0.1) is 6.92 Å². The van der Waals surface area contributed by atoms with Crippen LogP contribution in [0.1, 0.15) is 34.1 Å². The van der Waals surface area contributed by atoms with Gasteiger partial charge in [0.25, 0.3) is 5.91 Å². The lowest BCUT2D eigenvalue weighted by Crippen LogP contribution is -2.28. The lowest BCUT2D eigenvalue weighted by Gasteiger charge is -2.17. The van der Waals surface area contributed by atoms with Gasteiger partial charge in [0.1, 0.15) is 5.75 Å². The number of ether oxygens (including phenoxy) is 1. The fourth-order valence-electron chi connectivity index (χ4n) is 3.77. The average Bonchev–Trinajstić information content (AvgIpc) is 3.36. The Morgan fingerprint density at radius 3 is 2.82 bits per heavy atom. The molecule has 6 heteroatoms. The SMILES string of the molecule is COc1cccc(C(=O)N2CC[C@@H](c3cc(-c4cnn(C)c4)cc(C)n3)C2)c1. The number of aromatic nitrogens is 3. The molecule has 3 heterocycles. The van der Waals surface area contributed by atoms with Crippen molar-refractivity contribution in [2.45, 2.75) is 19.3 Å². The largest absolute Gasteiger partial charge is 0.497 e. The summed E-state index contributed by atoms with van der Waals surface area (Å²) in [6, 6.07) is 11.5. The molecular weight excluding hydrogens is 352 g/mol. The molecule has 0 spiro atoms. The monoisotopic (exact) mass is 376 g/mol. The normalized spacial score (nSPS) is 16.4. The van der Waals surface area contributed by atoms with Crippen LogP contribution in [-0.2, 0) is 7.05 Å². The summed E-state index contributed by atoms with van der Waals surface area (Å²) in [5, 5.41) is 4.27. The van der Waals surface area contributed by atoms with Gasteiger partial charge in [0.05, 0.1) is 13.3 Å². The maximum atomic E-state index is 12.9. The summed E-state index contributed by atoms with van der Waals surface area (Å²) in [6.07, 6.45) is 4.79. The van der Waals surface area contributed by atoms with E-state index in [1.807, 2.05) is 49.5 Å². The Morgan fingerprint density at radius 1 is 1.21 bits per heavy atom. The van der Waals surface area contributed by atoms with Crippen LogP contribution in [0.2, 0.25) is 0 Å². The first-order chi connectivity index (χ1) is 13.5. The zero-order valence-electron chi connectivity index (χ0n) is 16.4. The highest BCUT2D eigenvalue weighted by Gasteiger charge is 2.29. The van der Waals surface area contributed by atoms with Crippen molar-refractivity contribution in [2.24, 2.45) is 7.05 Å². The van der Waals surface area contributed by atoms with Crippen LogP contribution in [0.5, 0.6) is 5.75 Å². The van der Waals surface area contributed by atoms with Crippen molar-refractivity contribution < 1.29 is 9.53 Å². The molecule has 1 aliphatic heterocycles. The molecule has 1 fully saturated rings. The molecule has 0 radical (unpaired) electrons. The third kappa shape index (κ3) is 3.63. The van der Waals surface area contributed by atoms with Crippen LogP contribution < -0.4 is 4.74 Å². The topological polar surface area (TPSA) is 60.2 Å². The fraction of sp³-hybridized carbons (Fsp3) is 0.318. The lowest BCUT2D eigenvalue weighted by atomic mass is 10.00. The molecule has 144 valence electrons. The van der Waals surface area contributed by atoms with E-state index in [2.05, 4.69) is 17.2 Å². The summed E-state index contributed by atoms with van der Waals surface area (Å²) < 4.78 is 7.04. The molecule has 2 aromatic heterocycles. The van der Waals surface area contributed by atoms with Gasteiger partial charge < -0.3 is 9.64 Å². The zero-order chi connectivity index (χ0) is 19.7. The lowest BCUT2D eigenvalue weighted by molar-refractivity contribution is 0.0790. The van der Waals surface area contributed by atoms with E-state index in [0.717, 1.165) is 35.5 Å². The molecule has 0 saturated carbocycles. The Hall–Kier alpha value is -3.15. The van der Waals surface area contributed by atoms with Gasteiger partial charge in [-0.2, -0.15) is 5.10 Å². The van der Waals surface area contributed by atoms with E-state index >= 15 is 0 Å². The van der Waals surface area contributed by atoms with Gasteiger partial charge in [-0.05, 0) is 49.2 Å². The second kappa shape index (κ2) is 7.46. The smallest absolute Gasteiger partial charge is 0.254 e. The number of methoxy groups -OCH3 is 1. The number of carbonyl (C=O) groups is 1. The zero-order valence-corrected chi connectivity index (χ0v) is 16.4. The number of hydrogen-bond donors (Lipinski definition) is 0. The second-order valence-electron chi connectivity index (χ2n) is 7.29. The number of pyridine rings is 1. The molecular formula is C22H24N4O2. The van der Waals surface area contributed by atoms with E-state index in [1.54, 1.807) is 17.9 Å². The summed E-state index contributed by atoms with van der Waals surface area (Å²) in [4.78, 5) is 19.6. The van der Waals surface area contributed by atoms with E-state index in [9.17, 15) is 4.79 Å². The highest BCUT2D eigenvalue weighted by atomic mass is 16.5. The van der Waals surface area contributed by atoms with Gasteiger partial charge in [-0.25, -0.2) is 0 Å². The summed E-state index contributed by atoms with van der Waals surface area (Å²) in [5.74, 6) is 0.981. The number of likely N-dealkylation sites (tertiary alicyclic amines) is 1. The number of benzene rings is 1. The number of nitrogens with zero attached hydrogens (tertiary/aromatic N) is 4. The van der Waals surface area contributed by atoms with Gasteiger partial charge in [-0.1, -0.05) is 6.07 Å². The third-order valence-corrected chi connectivity index (χ3v) is 5.22. The molecule has 4 rings (SSSR count). The average molecular weight is 376 g/mol. The minimum atomic E-state index is 0.0431. The van der Waals surface area contributed by atoms with Crippen LogP contribution in [0.15, 0.2) is 48.8 Å². The first kappa shape index (κ1) is 18.2. The van der Waals surface area contributed by atoms with Crippen molar-refractivity contribution in [3.8, 4) is 16.9 Å². The van der Waals surface area contributed by atoms with Crippen molar-refractivity contribution in [3.63, 3.8) is 0 Å². The summed E-state index contributed by atoms with van der Waals surface area (Å²) in [5.41, 5.74) is 4.88. The molecule has 0 bridgehead atoms. The van der Waals surface area contributed by atoms with Crippen LogP contribution in [0.4, 0.5) is 0 Å². The molecule has 0 unspecified atom stereocenters. The Bertz CT molecular complexity index is 1010. The predicted molar refractivity (Wildman–Crippen MR) is 107 cm³/mol. The first-order valence-electron chi connectivity index (χ1n) is 9.44. The van der Waals surface area contributed by atoms with Crippen molar-refractivity contribution in [2.75, 3.05) is 20.2 Å². The quantitative estimate of drug-likeness (QED) is 0.700. The van der Waals surface area contributed by atoms with E-state index in [1.165, 1.54) is 0 Å². The van der Waals surface area contributed by atoms with Gasteiger partial charge >= 0.3 is 0 Å². The summed E-state index contributed by atoms with van der Waals surface area (Å²) in [7, 11) is 3.52. The molecule has 1 aromatic carbocycles. The molecule has 0 aliphatic carbocycles. The van der Waals surface area contributed by atoms with Gasteiger partial charge in [0, 0.05) is 54.8 Å². The fourth-order valence-corrected chi connectivity index (χ4v) is 3.77. The molecule has 1 saturated heterocycles. The molecule has 0 N–H and O–H groups in total. The van der Waals surface area contributed by atoms with Gasteiger partial charge in [0.2, 0.25) is 0 Å². The standard InChI is InChI=1S/C22H24N4O2/c1-15-9-18(19-12-23-25(2)13-19)11-21(24-15)17-7-8-26(14-17)22(27)16-5-4-6-20(10-16)28-3/h4-6,9-13,17H,7-8,14H2,1-3H3/t17-/m1/s1. The minimum absolute atomic E-state index is 0.0431. The van der Waals surface area contributed by atoms with Gasteiger partial charge in [-0.15, -0.1) is 0 Å². The first-order valence-corrected chi connectivity index (χ1v) is 9.44. The minimum Gasteiger partial charge on any atom is -0.497 e. The van der Waals surface area contributed by atoms with E-state index < -0.39 is 0 Å². The Morgan fingerprint density at radius 2 is 2.07 bits per heavy atom. The Balaban J connectivity index is 1.54. The predicted octanol–water partition coefficient (Wildman–Crippen LogP) is 3.43. The maximum absolute atomic E-state index is 12.9. The number of rotatable bonds is 4. The second-order valence-corrected chi connectivity index (χ2v) is 7.29. The van der Waals surface area contributed by atoms with Crippen molar-refractivity contribution >= 4 is 5.91 Å². The molecule has 1 aliphatic rings. The Kier molecular flexibility index (Phi) is 4.86. The number of hydrogen-bond acceptors (Lipinski definition) is 4. The molecule has 28 heavy (non-hydrogen) atoms. The molecule has 3 aromatic rings. The van der Waals surface area contributed by atoms with Crippen molar-refractivity contribution in [1.82, 2.24) is 19.7 Å². The van der Waals surface area contributed by atoms with Crippen LogP contribution in [0.25, 0.3) is 11.1 Å². The Labute approximate surface area is 164 Å². The van der Waals surface area contributed by atoms with Crippen LogP contribution in [-0.4, -0.2) is 45.8 Å². The molecule has 6 nitrogen and oxygen atoms in total. The van der Waals surface area contributed by atoms with Crippen molar-refractivity contribution in [3.05, 3.63) is 65.7 Å².